The van der Waals surface area contributed by atoms with E-state index in [0.717, 1.165) is 23.9 Å². The van der Waals surface area contributed by atoms with Gasteiger partial charge in [-0.3, -0.25) is 14.6 Å². The molecule has 0 saturated heterocycles. The molecule has 0 saturated carbocycles. The number of hydrogen-bond acceptors (Lipinski definition) is 6. The van der Waals surface area contributed by atoms with Crippen molar-refractivity contribution in [2.24, 2.45) is 10.7 Å². The average Bonchev–Trinajstić information content (AvgIpc) is 3.27. The quantitative estimate of drug-likeness (QED) is 0.430. The number of nitrogens with two attached hydrogens (primary N) is 1. The number of carbonyl (C=O) groups excluding carboxylic acids is 1. The second-order valence-corrected chi connectivity index (χ2v) is 11.9. The number of allylic oxidation sites excluding steroid dienone is 1. The number of halogens is 2. The third kappa shape index (κ3) is 4.84. The summed E-state index contributed by atoms with van der Waals surface area (Å²) in [5, 5.41) is 2.88. The fraction of sp³-hybridized carbons (Fsp3) is 0.240. The van der Waals surface area contributed by atoms with Crippen LogP contribution in [-0.4, -0.2) is 35.9 Å². The average molecular weight is 531 g/mol. The number of benzene rings is 2. The van der Waals surface area contributed by atoms with E-state index in [4.69, 9.17) is 17.3 Å². The molecule has 1 aliphatic rings. The van der Waals surface area contributed by atoms with Crippen LogP contribution in [0.4, 0.5) is 4.39 Å². The van der Waals surface area contributed by atoms with Gasteiger partial charge in [0.1, 0.15) is 11.4 Å². The van der Waals surface area contributed by atoms with Crippen LogP contribution < -0.4 is 16.5 Å². The fourth-order valence-electron chi connectivity index (χ4n) is 4.13. The van der Waals surface area contributed by atoms with Crippen LogP contribution in [0.1, 0.15) is 36.2 Å². The lowest BCUT2D eigenvalue weighted by Crippen LogP contribution is -2.45. The highest BCUT2D eigenvalue weighted by molar-refractivity contribution is 7.93. The number of H-pyrrole nitrogens is 1. The molecule has 0 fully saturated rings. The van der Waals surface area contributed by atoms with Gasteiger partial charge in [-0.25, -0.2) is 12.8 Å². The Hall–Kier alpha value is -3.34. The number of carbonyl (C=O) groups is 1. The summed E-state index contributed by atoms with van der Waals surface area (Å²) in [7, 11) is -4.37. The number of aromatic amines is 1. The largest absolute Gasteiger partial charge is 0.359 e. The summed E-state index contributed by atoms with van der Waals surface area (Å²) < 4.78 is 42.3. The van der Waals surface area contributed by atoms with Crippen molar-refractivity contribution in [1.82, 2.24) is 10.3 Å². The molecule has 0 aliphatic carbocycles. The van der Waals surface area contributed by atoms with Crippen molar-refractivity contribution >= 4 is 44.5 Å². The van der Waals surface area contributed by atoms with Gasteiger partial charge in [-0.1, -0.05) is 23.7 Å². The van der Waals surface area contributed by atoms with Crippen LogP contribution in [0.3, 0.4) is 0 Å². The molecule has 4 N–H and O–H groups in total. The third-order valence-corrected chi connectivity index (χ3v) is 8.20. The van der Waals surface area contributed by atoms with Gasteiger partial charge in [0.15, 0.2) is 4.87 Å². The van der Waals surface area contributed by atoms with Gasteiger partial charge in [-0.05, 0) is 55.8 Å². The monoisotopic (exact) mass is 530 g/mol. The molecule has 0 bridgehead atoms. The fourth-order valence-corrected chi connectivity index (χ4v) is 6.36. The summed E-state index contributed by atoms with van der Waals surface area (Å²) in [4.78, 5) is 30.6. The molecule has 3 aromatic rings. The van der Waals surface area contributed by atoms with Crippen molar-refractivity contribution in [1.29, 1.82) is 0 Å². The van der Waals surface area contributed by atoms with E-state index in [9.17, 15) is 22.4 Å². The van der Waals surface area contributed by atoms with E-state index in [1.165, 1.54) is 18.4 Å². The van der Waals surface area contributed by atoms with Gasteiger partial charge in [0.2, 0.25) is 15.3 Å². The number of pyridine rings is 1. The molecule has 0 spiro atoms. The Bertz CT molecular complexity index is 1560. The minimum absolute atomic E-state index is 0.0806. The first kappa shape index (κ1) is 25.7. The molecular weight excluding hydrogens is 507 g/mol. The van der Waals surface area contributed by atoms with Crippen LogP contribution in [0.25, 0.3) is 10.9 Å². The Morgan fingerprint density at radius 1 is 1.25 bits per heavy atom. The SMILES string of the molecule is CC(C)(N)CC1(S(=O)(=O)c2cc(F)cc3c(=O)c(C(=O)NCc4ccc(Cl)cc4)c[nH]c23)C=CC=N1. The molecule has 0 radical (unpaired) electrons. The van der Waals surface area contributed by atoms with Crippen LogP contribution in [0.5, 0.6) is 0 Å². The zero-order valence-electron chi connectivity index (χ0n) is 19.5. The van der Waals surface area contributed by atoms with Crippen LogP contribution in [0, 0.1) is 5.82 Å². The molecule has 1 unspecified atom stereocenters. The maximum absolute atomic E-state index is 14.7. The molecule has 2 heterocycles. The Kier molecular flexibility index (Phi) is 6.63. The number of rotatable bonds is 7. The Morgan fingerprint density at radius 3 is 2.56 bits per heavy atom. The second-order valence-electron chi connectivity index (χ2n) is 9.32. The molecule has 2 aromatic carbocycles. The summed E-state index contributed by atoms with van der Waals surface area (Å²) in [6, 6.07) is 8.51. The molecule has 8 nitrogen and oxygen atoms in total. The molecule has 1 aliphatic heterocycles. The molecule has 1 atom stereocenters. The first-order chi connectivity index (χ1) is 16.8. The maximum atomic E-state index is 14.7. The van der Waals surface area contributed by atoms with Crippen molar-refractivity contribution in [3.63, 3.8) is 0 Å². The van der Waals surface area contributed by atoms with Crippen LogP contribution in [0.2, 0.25) is 5.02 Å². The summed E-state index contributed by atoms with van der Waals surface area (Å²) in [5.74, 6) is -1.65. The normalized spacial score (nSPS) is 17.6. The predicted octanol–water partition coefficient (Wildman–Crippen LogP) is 3.49. The van der Waals surface area contributed by atoms with Crippen LogP contribution in [0.15, 0.2) is 69.4 Å². The molecule has 36 heavy (non-hydrogen) atoms. The molecule has 188 valence electrons. The minimum atomic E-state index is -4.37. The number of sulfone groups is 1. The molecular formula is C25H24ClFN4O4S. The van der Waals surface area contributed by atoms with Crippen molar-refractivity contribution in [3.05, 3.63) is 86.9 Å². The van der Waals surface area contributed by atoms with Crippen LogP contribution in [-0.2, 0) is 16.4 Å². The highest BCUT2D eigenvalue weighted by Crippen LogP contribution is 2.39. The van der Waals surface area contributed by atoms with E-state index in [-0.39, 0.29) is 29.4 Å². The first-order valence-corrected chi connectivity index (χ1v) is 12.8. The highest BCUT2D eigenvalue weighted by Gasteiger charge is 2.47. The molecule has 1 aromatic heterocycles. The highest BCUT2D eigenvalue weighted by atomic mass is 35.5. The third-order valence-electron chi connectivity index (χ3n) is 5.73. The minimum Gasteiger partial charge on any atom is -0.359 e. The summed E-state index contributed by atoms with van der Waals surface area (Å²) in [5.41, 5.74) is 4.72. The van der Waals surface area contributed by atoms with E-state index in [2.05, 4.69) is 15.3 Å². The van der Waals surface area contributed by atoms with E-state index >= 15 is 0 Å². The topological polar surface area (TPSA) is 134 Å². The summed E-state index contributed by atoms with van der Waals surface area (Å²) in [6.45, 7) is 3.44. The van der Waals surface area contributed by atoms with Crippen molar-refractivity contribution in [2.45, 2.75) is 42.1 Å². The number of nitrogens with one attached hydrogen (secondary N) is 2. The molecule has 1 amide bonds. The number of aromatic nitrogens is 1. The lowest BCUT2D eigenvalue weighted by molar-refractivity contribution is 0.0949. The van der Waals surface area contributed by atoms with Gasteiger partial charge in [0.05, 0.1) is 15.8 Å². The lowest BCUT2D eigenvalue weighted by atomic mass is 9.96. The van der Waals surface area contributed by atoms with E-state index in [0.29, 0.717) is 5.02 Å². The lowest BCUT2D eigenvalue weighted by Gasteiger charge is -2.31. The van der Waals surface area contributed by atoms with E-state index < -0.39 is 42.3 Å². The van der Waals surface area contributed by atoms with Gasteiger partial charge in [0, 0.05) is 35.9 Å². The zero-order chi connectivity index (χ0) is 26.3. The standard InChI is InChI=1S/C25H24ClFN4O4S/c1-24(2,28)14-25(8-3-9-31-25)36(34,35)20-11-17(27)10-18-21(20)29-13-19(22(18)32)23(33)30-12-15-4-6-16(26)7-5-15/h3-11,13H,12,14,28H2,1-2H3,(H,29,32)(H,30,33). The zero-order valence-corrected chi connectivity index (χ0v) is 21.1. The Labute approximate surface area is 212 Å². The Balaban J connectivity index is 1.76. The Morgan fingerprint density at radius 2 is 1.94 bits per heavy atom. The first-order valence-electron chi connectivity index (χ1n) is 11.0. The summed E-state index contributed by atoms with van der Waals surface area (Å²) in [6.07, 6.45) is 5.26. The second kappa shape index (κ2) is 9.27. The smallest absolute Gasteiger partial charge is 0.257 e. The van der Waals surface area contributed by atoms with E-state index in [1.807, 2.05) is 0 Å². The molecule has 11 heteroatoms. The van der Waals surface area contributed by atoms with Gasteiger partial charge in [-0.2, -0.15) is 0 Å². The van der Waals surface area contributed by atoms with Crippen molar-refractivity contribution < 1.29 is 17.6 Å². The number of nitrogens with zero attached hydrogens (tertiary/aromatic N) is 1. The number of amides is 1. The number of hydrogen-bond donors (Lipinski definition) is 3. The maximum Gasteiger partial charge on any atom is 0.257 e. The van der Waals surface area contributed by atoms with Gasteiger partial charge < -0.3 is 16.0 Å². The predicted molar refractivity (Wildman–Crippen MR) is 138 cm³/mol. The van der Waals surface area contributed by atoms with Crippen molar-refractivity contribution in [3.8, 4) is 0 Å². The molecule has 4 rings (SSSR count). The number of fused-ring (bicyclic) bond motifs is 1. The van der Waals surface area contributed by atoms with Gasteiger partial charge in [-0.15, -0.1) is 0 Å². The summed E-state index contributed by atoms with van der Waals surface area (Å²) >= 11 is 5.86. The van der Waals surface area contributed by atoms with Gasteiger partial charge >= 0.3 is 0 Å². The van der Waals surface area contributed by atoms with E-state index in [1.54, 1.807) is 38.1 Å². The van der Waals surface area contributed by atoms with Crippen molar-refractivity contribution in [2.75, 3.05) is 0 Å². The van der Waals surface area contributed by atoms with Crippen LogP contribution >= 0.6 is 11.6 Å². The van der Waals surface area contributed by atoms with Gasteiger partial charge in [0.25, 0.3) is 5.91 Å². The number of aliphatic imine (C=N–C) groups is 1.